The van der Waals surface area contributed by atoms with E-state index >= 15 is 0 Å². The smallest absolute Gasteiger partial charge is 0.169 e. The molecule has 20 heavy (non-hydrogen) atoms. The van der Waals surface area contributed by atoms with Crippen LogP contribution in [0.5, 0.6) is 0 Å². The monoisotopic (exact) mass is 304 g/mol. The molecule has 0 unspecified atom stereocenters. The Morgan fingerprint density at radius 1 is 1.15 bits per heavy atom. The van der Waals surface area contributed by atoms with E-state index in [0.29, 0.717) is 21.4 Å². The number of carbonyl (C=O) groups is 1. The zero-order valence-corrected chi connectivity index (χ0v) is 12.1. The molecule has 2 heterocycles. The summed E-state index contributed by atoms with van der Waals surface area (Å²) in [5.74, 6) is 0. The third-order valence-electron chi connectivity index (χ3n) is 3.12. The second-order valence-corrected chi connectivity index (χ2v) is 5.34. The van der Waals surface area contributed by atoms with Gasteiger partial charge in [0.25, 0.3) is 0 Å². The van der Waals surface area contributed by atoms with Crippen LogP contribution < -0.4 is 0 Å². The summed E-state index contributed by atoms with van der Waals surface area (Å²) in [5, 5.41) is 0.914. The Hall–Kier alpha value is -1.84. The van der Waals surface area contributed by atoms with Crippen LogP contribution in [0.25, 0.3) is 16.9 Å². The molecule has 0 aliphatic carbocycles. The van der Waals surface area contributed by atoms with Crippen LogP contribution in [-0.4, -0.2) is 15.7 Å². The summed E-state index contributed by atoms with van der Waals surface area (Å²) >= 11 is 11.9. The minimum atomic E-state index is 0.439. The molecule has 0 saturated carbocycles. The van der Waals surface area contributed by atoms with Gasteiger partial charge in [-0.25, -0.2) is 4.98 Å². The number of hydrogen-bond acceptors (Lipinski definition) is 2. The van der Waals surface area contributed by atoms with E-state index in [1.807, 2.05) is 25.3 Å². The van der Waals surface area contributed by atoms with E-state index in [9.17, 15) is 4.79 Å². The number of nitrogens with zero attached hydrogens (tertiary/aromatic N) is 2. The van der Waals surface area contributed by atoms with Crippen LogP contribution in [0, 0.1) is 6.92 Å². The van der Waals surface area contributed by atoms with Crippen molar-refractivity contribution in [3.8, 4) is 11.3 Å². The number of imidazole rings is 1. The van der Waals surface area contributed by atoms with Crippen molar-refractivity contribution >= 4 is 35.1 Å². The molecule has 0 amide bonds. The van der Waals surface area contributed by atoms with Crippen molar-refractivity contribution in [3.63, 3.8) is 0 Å². The van der Waals surface area contributed by atoms with Crippen molar-refractivity contribution in [1.82, 2.24) is 9.38 Å². The lowest BCUT2D eigenvalue weighted by Gasteiger charge is -2.01. The van der Waals surface area contributed by atoms with Gasteiger partial charge in [0.1, 0.15) is 17.0 Å². The Morgan fingerprint density at radius 3 is 2.65 bits per heavy atom. The second-order valence-electron chi connectivity index (χ2n) is 4.52. The lowest BCUT2D eigenvalue weighted by atomic mass is 10.1. The van der Waals surface area contributed by atoms with Gasteiger partial charge in [-0.2, -0.15) is 0 Å². The van der Waals surface area contributed by atoms with Gasteiger partial charge in [-0.3, -0.25) is 9.20 Å². The van der Waals surface area contributed by atoms with Gasteiger partial charge in [0, 0.05) is 11.8 Å². The molecule has 0 bridgehead atoms. The Balaban J connectivity index is 2.29. The number of hydrogen-bond donors (Lipinski definition) is 0. The van der Waals surface area contributed by atoms with Crippen LogP contribution in [-0.2, 0) is 0 Å². The molecule has 0 fully saturated rings. The SMILES string of the molecule is Cc1ccn2c(C=O)c(-c3ccc(Cl)c(Cl)c3)nc2c1. The van der Waals surface area contributed by atoms with Crippen LogP contribution in [0.15, 0.2) is 36.5 Å². The van der Waals surface area contributed by atoms with Crippen molar-refractivity contribution < 1.29 is 4.79 Å². The molecular weight excluding hydrogens is 295 g/mol. The normalized spacial score (nSPS) is 10.9. The molecule has 1 aromatic carbocycles. The van der Waals surface area contributed by atoms with E-state index in [2.05, 4.69) is 4.98 Å². The van der Waals surface area contributed by atoms with Crippen LogP contribution in [0.4, 0.5) is 0 Å². The molecule has 0 N–H and O–H groups in total. The highest BCUT2D eigenvalue weighted by atomic mass is 35.5. The van der Waals surface area contributed by atoms with Gasteiger partial charge < -0.3 is 0 Å². The number of pyridine rings is 1. The van der Waals surface area contributed by atoms with Gasteiger partial charge in [0.05, 0.1) is 10.0 Å². The van der Waals surface area contributed by atoms with Crippen molar-refractivity contribution in [2.75, 3.05) is 0 Å². The van der Waals surface area contributed by atoms with Gasteiger partial charge >= 0.3 is 0 Å². The summed E-state index contributed by atoms with van der Waals surface area (Å²) in [5.41, 5.74) is 3.68. The van der Waals surface area contributed by atoms with Gasteiger partial charge in [0.2, 0.25) is 0 Å². The molecule has 2 aromatic heterocycles. The molecule has 0 radical (unpaired) electrons. The maximum Gasteiger partial charge on any atom is 0.169 e. The van der Waals surface area contributed by atoms with Crippen molar-refractivity contribution in [3.05, 3.63) is 57.8 Å². The Labute approximate surface area is 125 Å². The third kappa shape index (κ3) is 2.09. The molecule has 0 aliphatic heterocycles. The first-order valence-electron chi connectivity index (χ1n) is 5.99. The number of carbonyl (C=O) groups excluding carboxylic acids is 1. The quantitative estimate of drug-likeness (QED) is 0.656. The molecule has 0 aliphatic rings. The maximum absolute atomic E-state index is 11.4. The molecule has 5 heteroatoms. The predicted octanol–water partition coefficient (Wildman–Crippen LogP) is 4.43. The van der Waals surface area contributed by atoms with E-state index in [1.165, 1.54) is 0 Å². The van der Waals surface area contributed by atoms with Crippen molar-refractivity contribution in [2.45, 2.75) is 6.92 Å². The lowest BCUT2D eigenvalue weighted by Crippen LogP contribution is -1.92. The molecule has 0 spiro atoms. The first-order chi connectivity index (χ1) is 9.60. The minimum absolute atomic E-state index is 0.439. The fraction of sp³-hybridized carbons (Fsp3) is 0.0667. The highest BCUT2D eigenvalue weighted by molar-refractivity contribution is 6.42. The highest BCUT2D eigenvalue weighted by Gasteiger charge is 2.14. The molecular formula is C15H10Cl2N2O. The van der Waals surface area contributed by atoms with Gasteiger partial charge in [0.15, 0.2) is 6.29 Å². The minimum Gasteiger partial charge on any atom is -0.297 e. The summed E-state index contributed by atoms with van der Waals surface area (Å²) in [6.07, 6.45) is 2.63. The van der Waals surface area contributed by atoms with Crippen LogP contribution in [0.1, 0.15) is 16.1 Å². The lowest BCUT2D eigenvalue weighted by molar-refractivity contribution is 0.111. The average Bonchev–Trinajstić information content (AvgIpc) is 2.79. The summed E-state index contributed by atoms with van der Waals surface area (Å²) in [6.45, 7) is 1.98. The molecule has 100 valence electrons. The van der Waals surface area contributed by atoms with E-state index in [4.69, 9.17) is 23.2 Å². The Morgan fingerprint density at radius 2 is 1.95 bits per heavy atom. The fourth-order valence-electron chi connectivity index (χ4n) is 2.13. The van der Waals surface area contributed by atoms with Crippen LogP contribution >= 0.6 is 23.2 Å². The van der Waals surface area contributed by atoms with Gasteiger partial charge in [-0.15, -0.1) is 0 Å². The van der Waals surface area contributed by atoms with Gasteiger partial charge in [-0.1, -0.05) is 29.3 Å². The fourth-order valence-corrected chi connectivity index (χ4v) is 2.43. The van der Waals surface area contributed by atoms with E-state index in [0.717, 1.165) is 23.1 Å². The Kier molecular flexibility index (Phi) is 3.24. The number of aromatic nitrogens is 2. The molecule has 3 aromatic rings. The summed E-state index contributed by atoms with van der Waals surface area (Å²) in [4.78, 5) is 15.9. The zero-order chi connectivity index (χ0) is 14.3. The molecule has 0 saturated heterocycles. The van der Waals surface area contributed by atoms with Gasteiger partial charge in [-0.05, 0) is 36.8 Å². The number of rotatable bonds is 2. The van der Waals surface area contributed by atoms with Crippen molar-refractivity contribution in [2.24, 2.45) is 0 Å². The van der Waals surface area contributed by atoms with Crippen LogP contribution in [0.3, 0.4) is 0 Å². The second kappa shape index (κ2) is 4.93. The number of benzene rings is 1. The van der Waals surface area contributed by atoms with E-state index in [1.54, 1.807) is 22.6 Å². The van der Waals surface area contributed by atoms with Crippen LogP contribution in [0.2, 0.25) is 10.0 Å². The van der Waals surface area contributed by atoms with E-state index in [-0.39, 0.29) is 0 Å². The summed E-state index contributed by atoms with van der Waals surface area (Å²) in [7, 11) is 0. The third-order valence-corrected chi connectivity index (χ3v) is 3.86. The topological polar surface area (TPSA) is 34.4 Å². The maximum atomic E-state index is 11.4. The number of aryl methyl sites for hydroxylation is 1. The Bertz CT molecular complexity index is 824. The molecule has 3 rings (SSSR count). The van der Waals surface area contributed by atoms with E-state index < -0.39 is 0 Å². The number of halogens is 2. The summed E-state index contributed by atoms with van der Waals surface area (Å²) in [6, 6.07) is 9.07. The number of aldehydes is 1. The highest BCUT2D eigenvalue weighted by Crippen LogP contribution is 2.30. The number of fused-ring (bicyclic) bond motifs is 1. The molecule has 0 atom stereocenters. The average molecular weight is 305 g/mol. The first-order valence-corrected chi connectivity index (χ1v) is 6.75. The zero-order valence-electron chi connectivity index (χ0n) is 10.6. The standard InChI is InChI=1S/C15H10Cl2N2O/c1-9-4-5-19-13(8-20)15(18-14(19)6-9)10-2-3-11(16)12(17)7-10/h2-8H,1H3. The molecule has 3 nitrogen and oxygen atoms in total. The first kappa shape index (κ1) is 13.2. The predicted molar refractivity (Wildman–Crippen MR) is 80.8 cm³/mol. The van der Waals surface area contributed by atoms with Crippen molar-refractivity contribution in [1.29, 1.82) is 0 Å². The summed E-state index contributed by atoms with van der Waals surface area (Å²) < 4.78 is 1.76. The largest absolute Gasteiger partial charge is 0.297 e.